The Kier molecular flexibility index (Phi) is 4.60. The van der Waals surface area contributed by atoms with Gasteiger partial charge in [-0.2, -0.15) is 0 Å². The molecule has 0 radical (unpaired) electrons. The first-order valence-electron chi connectivity index (χ1n) is 7.61. The molecule has 0 aromatic heterocycles. The summed E-state index contributed by atoms with van der Waals surface area (Å²) in [7, 11) is 0. The van der Waals surface area contributed by atoms with E-state index in [0.29, 0.717) is 11.4 Å². The van der Waals surface area contributed by atoms with Crippen LogP contribution < -0.4 is 0 Å². The highest BCUT2D eigenvalue weighted by Crippen LogP contribution is 2.33. The van der Waals surface area contributed by atoms with Gasteiger partial charge in [-0.05, 0) is 67.3 Å². The van der Waals surface area contributed by atoms with Crippen LogP contribution in [0.5, 0.6) is 0 Å². The molecule has 0 N–H and O–H groups in total. The van der Waals surface area contributed by atoms with Crippen molar-refractivity contribution >= 4 is 39.9 Å². The number of hydrogen-bond acceptors (Lipinski definition) is 2. The van der Waals surface area contributed by atoms with E-state index in [0.717, 1.165) is 47.0 Å². The zero-order valence-corrected chi connectivity index (χ0v) is 14.0. The van der Waals surface area contributed by atoms with E-state index >= 15 is 0 Å². The standard InChI is InChI=1S/C18H18Cl2O2/c1-11-9-17(20)15-7-5-12(19)10-16(15)14(11)8-6-13-3-2-4-18(21)22-13/h5,7,9-10,13H,2-4,6,8H2,1H3. The van der Waals surface area contributed by atoms with Gasteiger partial charge in [0.2, 0.25) is 0 Å². The molecule has 1 unspecified atom stereocenters. The van der Waals surface area contributed by atoms with E-state index in [1.165, 1.54) is 5.56 Å². The monoisotopic (exact) mass is 336 g/mol. The van der Waals surface area contributed by atoms with E-state index in [2.05, 4.69) is 6.92 Å². The second-order valence-corrected chi connectivity index (χ2v) is 6.73. The maximum Gasteiger partial charge on any atom is 0.306 e. The number of benzene rings is 2. The largest absolute Gasteiger partial charge is 0.462 e. The number of aryl methyl sites for hydroxylation is 2. The molecule has 0 saturated carbocycles. The quantitative estimate of drug-likeness (QED) is 0.693. The fourth-order valence-corrected chi connectivity index (χ4v) is 3.66. The predicted molar refractivity (Wildman–Crippen MR) is 90.8 cm³/mol. The number of fused-ring (bicyclic) bond motifs is 1. The van der Waals surface area contributed by atoms with Crippen molar-refractivity contribution in [3.05, 3.63) is 45.4 Å². The molecule has 1 saturated heterocycles. The third-order valence-corrected chi connectivity index (χ3v) is 4.85. The van der Waals surface area contributed by atoms with Crippen LogP contribution in [0.3, 0.4) is 0 Å². The summed E-state index contributed by atoms with van der Waals surface area (Å²) in [6.07, 6.45) is 4.17. The highest BCUT2D eigenvalue weighted by molar-refractivity contribution is 6.36. The molecule has 3 rings (SSSR count). The minimum Gasteiger partial charge on any atom is -0.462 e. The van der Waals surface area contributed by atoms with E-state index in [9.17, 15) is 4.79 Å². The summed E-state index contributed by atoms with van der Waals surface area (Å²) in [6.45, 7) is 2.06. The molecule has 0 aliphatic carbocycles. The number of ether oxygens (including phenoxy) is 1. The first kappa shape index (κ1) is 15.6. The van der Waals surface area contributed by atoms with Crippen LogP contribution in [0.25, 0.3) is 10.8 Å². The van der Waals surface area contributed by atoms with Crippen molar-refractivity contribution in [2.45, 2.75) is 45.1 Å². The summed E-state index contributed by atoms with van der Waals surface area (Å²) in [4.78, 5) is 11.4. The second kappa shape index (κ2) is 6.47. The van der Waals surface area contributed by atoms with Gasteiger partial charge in [0.1, 0.15) is 6.10 Å². The molecule has 1 aliphatic rings. The summed E-state index contributed by atoms with van der Waals surface area (Å²) < 4.78 is 5.42. The van der Waals surface area contributed by atoms with Crippen LogP contribution in [-0.2, 0) is 16.0 Å². The van der Waals surface area contributed by atoms with Crippen LogP contribution in [0.1, 0.15) is 36.8 Å². The SMILES string of the molecule is Cc1cc(Cl)c2ccc(Cl)cc2c1CCC1CCCC(=O)O1. The molecule has 1 heterocycles. The number of cyclic esters (lactones) is 1. The minimum atomic E-state index is -0.0722. The Labute approximate surface area is 140 Å². The van der Waals surface area contributed by atoms with Crippen LogP contribution in [0.15, 0.2) is 24.3 Å². The third kappa shape index (κ3) is 3.23. The number of halogens is 2. The van der Waals surface area contributed by atoms with Gasteiger partial charge >= 0.3 is 5.97 Å². The van der Waals surface area contributed by atoms with Crippen molar-refractivity contribution in [3.63, 3.8) is 0 Å². The lowest BCUT2D eigenvalue weighted by molar-refractivity contribution is -0.153. The van der Waals surface area contributed by atoms with Gasteiger partial charge in [0.15, 0.2) is 0 Å². The molecule has 2 aromatic rings. The molecule has 2 aromatic carbocycles. The van der Waals surface area contributed by atoms with Gasteiger partial charge in [-0.25, -0.2) is 0 Å². The van der Waals surface area contributed by atoms with Crippen molar-refractivity contribution in [3.8, 4) is 0 Å². The molecule has 1 fully saturated rings. The Morgan fingerprint density at radius 3 is 2.82 bits per heavy atom. The molecule has 116 valence electrons. The van der Waals surface area contributed by atoms with Gasteiger partial charge in [-0.3, -0.25) is 4.79 Å². The molecule has 0 spiro atoms. The van der Waals surface area contributed by atoms with Gasteiger partial charge in [0.25, 0.3) is 0 Å². The molecule has 1 atom stereocenters. The first-order valence-corrected chi connectivity index (χ1v) is 8.37. The van der Waals surface area contributed by atoms with Crippen LogP contribution >= 0.6 is 23.2 Å². The molecule has 0 bridgehead atoms. The van der Waals surface area contributed by atoms with Gasteiger partial charge in [0.05, 0.1) is 0 Å². The highest BCUT2D eigenvalue weighted by atomic mass is 35.5. The van der Waals surface area contributed by atoms with E-state index in [1.807, 2.05) is 24.3 Å². The third-order valence-electron chi connectivity index (χ3n) is 4.30. The molecular formula is C18H18Cl2O2. The number of carbonyl (C=O) groups is 1. The first-order chi connectivity index (χ1) is 10.5. The zero-order valence-electron chi connectivity index (χ0n) is 12.5. The Bertz CT molecular complexity index is 725. The van der Waals surface area contributed by atoms with E-state index in [-0.39, 0.29) is 12.1 Å². The maximum atomic E-state index is 11.4. The topological polar surface area (TPSA) is 26.3 Å². The molecular weight excluding hydrogens is 319 g/mol. The second-order valence-electron chi connectivity index (χ2n) is 5.89. The summed E-state index contributed by atoms with van der Waals surface area (Å²) in [5, 5.41) is 3.57. The number of rotatable bonds is 3. The number of esters is 1. The average molecular weight is 337 g/mol. The van der Waals surface area contributed by atoms with Gasteiger partial charge in [-0.1, -0.05) is 29.3 Å². The van der Waals surface area contributed by atoms with E-state index in [1.54, 1.807) is 0 Å². The van der Waals surface area contributed by atoms with E-state index in [4.69, 9.17) is 27.9 Å². The van der Waals surface area contributed by atoms with Crippen LogP contribution in [-0.4, -0.2) is 12.1 Å². The lowest BCUT2D eigenvalue weighted by Gasteiger charge is -2.23. The maximum absolute atomic E-state index is 11.4. The number of carbonyl (C=O) groups excluding carboxylic acids is 1. The van der Waals surface area contributed by atoms with Crippen LogP contribution in [0, 0.1) is 6.92 Å². The fourth-order valence-electron chi connectivity index (χ4n) is 3.16. The lowest BCUT2D eigenvalue weighted by Crippen LogP contribution is -2.24. The Morgan fingerprint density at radius 2 is 2.05 bits per heavy atom. The summed E-state index contributed by atoms with van der Waals surface area (Å²) in [6, 6.07) is 7.79. The minimum absolute atomic E-state index is 0.0329. The Morgan fingerprint density at radius 1 is 1.23 bits per heavy atom. The lowest BCUT2D eigenvalue weighted by atomic mass is 9.93. The van der Waals surface area contributed by atoms with Crippen molar-refractivity contribution in [1.29, 1.82) is 0 Å². The molecule has 1 aliphatic heterocycles. The summed E-state index contributed by atoms with van der Waals surface area (Å²) >= 11 is 12.5. The summed E-state index contributed by atoms with van der Waals surface area (Å²) in [5.41, 5.74) is 2.39. The van der Waals surface area contributed by atoms with Crippen molar-refractivity contribution in [2.24, 2.45) is 0 Å². The van der Waals surface area contributed by atoms with Crippen LogP contribution in [0.2, 0.25) is 10.0 Å². The molecule has 22 heavy (non-hydrogen) atoms. The smallest absolute Gasteiger partial charge is 0.306 e. The average Bonchev–Trinajstić information content (AvgIpc) is 2.46. The van der Waals surface area contributed by atoms with Crippen molar-refractivity contribution < 1.29 is 9.53 Å². The van der Waals surface area contributed by atoms with E-state index < -0.39 is 0 Å². The number of hydrogen-bond donors (Lipinski definition) is 0. The summed E-state index contributed by atoms with van der Waals surface area (Å²) in [5.74, 6) is -0.0722. The van der Waals surface area contributed by atoms with Gasteiger partial charge < -0.3 is 4.74 Å². The van der Waals surface area contributed by atoms with Crippen molar-refractivity contribution in [2.75, 3.05) is 0 Å². The fraction of sp³-hybridized carbons (Fsp3) is 0.389. The Balaban J connectivity index is 1.89. The highest BCUT2D eigenvalue weighted by Gasteiger charge is 2.21. The Hall–Kier alpha value is -1.25. The predicted octanol–water partition coefficient (Wildman–Crippen LogP) is 5.48. The van der Waals surface area contributed by atoms with Gasteiger partial charge in [0, 0.05) is 21.9 Å². The molecule has 0 amide bonds. The zero-order chi connectivity index (χ0) is 15.7. The normalized spacial score (nSPS) is 18.5. The van der Waals surface area contributed by atoms with Gasteiger partial charge in [-0.15, -0.1) is 0 Å². The van der Waals surface area contributed by atoms with Crippen LogP contribution in [0.4, 0.5) is 0 Å². The molecule has 4 heteroatoms. The van der Waals surface area contributed by atoms with Crippen molar-refractivity contribution in [1.82, 2.24) is 0 Å². The molecule has 2 nitrogen and oxygen atoms in total.